The number of amides is 1. The van der Waals surface area contributed by atoms with Crippen molar-refractivity contribution in [3.05, 3.63) is 89.0 Å². The van der Waals surface area contributed by atoms with E-state index in [-0.39, 0.29) is 18.2 Å². The van der Waals surface area contributed by atoms with Crippen LogP contribution >= 0.6 is 0 Å². The summed E-state index contributed by atoms with van der Waals surface area (Å²) in [5, 5.41) is 2.93. The Labute approximate surface area is 187 Å². The molecule has 0 aliphatic carbocycles. The van der Waals surface area contributed by atoms with E-state index in [0.29, 0.717) is 29.1 Å². The Morgan fingerprint density at radius 2 is 1.56 bits per heavy atom. The number of carbonyl (C=O) groups is 2. The van der Waals surface area contributed by atoms with Crippen LogP contribution < -0.4 is 14.8 Å². The molecular formula is C26H26N2O4. The first-order valence-electron chi connectivity index (χ1n) is 10.5. The molecule has 1 aliphatic rings. The molecule has 0 radical (unpaired) electrons. The SMILES string of the molecule is COc1cc2c(cc1OC)CN(CC(=O)Nc1ccccc1C(=O)c1ccccc1)CC2. The third kappa shape index (κ3) is 4.65. The quantitative estimate of drug-likeness (QED) is 0.575. The van der Waals surface area contributed by atoms with Crippen molar-refractivity contribution in [1.82, 2.24) is 4.90 Å². The topological polar surface area (TPSA) is 67.9 Å². The molecule has 0 aromatic heterocycles. The number of benzene rings is 3. The highest BCUT2D eigenvalue weighted by molar-refractivity contribution is 6.13. The van der Waals surface area contributed by atoms with E-state index in [1.54, 1.807) is 44.6 Å². The van der Waals surface area contributed by atoms with E-state index < -0.39 is 0 Å². The fourth-order valence-electron chi connectivity index (χ4n) is 4.00. The summed E-state index contributed by atoms with van der Waals surface area (Å²) in [5.41, 5.74) is 3.92. The maximum absolute atomic E-state index is 12.9. The van der Waals surface area contributed by atoms with E-state index >= 15 is 0 Å². The molecule has 0 saturated carbocycles. The summed E-state index contributed by atoms with van der Waals surface area (Å²) in [6, 6.07) is 20.2. The van der Waals surface area contributed by atoms with Crippen LogP contribution in [0.25, 0.3) is 0 Å². The highest BCUT2D eigenvalue weighted by Crippen LogP contribution is 2.33. The second-order valence-electron chi connectivity index (χ2n) is 7.73. The fraction of sp³-hybridized carbons (Fsp3) is 0.231. The Morgan fingerprint density at radius 3 is 2.28 bits per heavy atom. The Hall–Kier alpha value is -3.64. The molecule has 1 aliphatic heterocycles. The highest BCUT2D eigenvalue weighted by atomic mass is 16.5. The highest BCUT2D eigenvalue weighted by Gasteiger charge is 2.22. The molecule has 3 aromatic rings. The third-order valence-corrected chi connectivity index (χ3v) is 5.65. The first kappa shape index (κ1) is 21.6. The van der Waals surface area contributed by atoms with Crippen molar-refractivity contribution < 1.29 is 19.1 Å². The summed E-state index contributed by atoms with van der Waals surface area (Å²) in [5.74, 6) is 1.14. The van der Waals surface area contributed by atoms with E-state index in [4.69, 9.17) is 9.47 Å². The molecule has 6 heteroatoms. The summed E-state index contributed by atoms with van der Waals surface area (Å²) < 4.78 is 10.8. The van der Waals surface area contributed by atoms with E-state index in [9.17, 15) is 9.59 Å². The molecule has 4 rings (SSSR count). The predicted molar refractivity (Wildman–Crippen MR) is 123 cm³/mol. The lowest BCUT2D eigenvalue weighted by Crippen LogP contribution is -2.37. The minimum absolute atomic E-state index is 0.116. The molecule has 1 amide bonds. The van der Waals surface area contributed by atoms with Gasteiger partial charge in [0.2, 0.25) is 5.91 Å². The number of ether oxygens (including phenoxy) is 2. The first-order valence-corrected chi connectivity index (χ1v) is 10.5. The van der Waals surface area contributed by atoms with Crippen LogP contribution in [0.4, 0.5) is 5.69 Å². The second kappa shape index (κ2) is 9.66. The summed E-state index contributed by atoms with van der Waals surface area (Å²) in [4.78, 5) is 27.8. The van der Waals surface area contributed by atoms with Gasteiger partial charge in [0, 0.05) is 24.2 Å². The van der Waals surface area contributed by atoms with Gasteiger partial charge >= 0.3 is 0 Å². The molecule has 1 N–H and O–H groups in total. The van der Waals surface area contributed by atoms with Crippen LogP contribution in [-0.4, -0.2) is 43.9 Å². The molecule has 164 valence electrons. The van der Waals surface area contributed by atoms with Gasteiger partial charge in [0.1, 0.15) is 0 Å². The van der Waals surface area contributed by atoms with E-state index in [1.165, 1.54) is 5.56 Å². The van der Waals surface area contributed by atoms with Gasteiger partial charge in [-0.1, -0.05) is 42.5 Å². The number of nitrogens with zero attached hydrogens (tertiary/aromatic N) is 1. The molecule has 3 aromatic carbocycles. The van der Waals surface area contributed by atoms with Crippen LogP contribution in [0.5, 0.6) is 11.5 Å². The van der Waals surface area contributed by atoms with Crippen molar-refractivity contribution in [1.29, 1.82) is 0 Å². The normalized spacial score (nSPS) is 13.2. The van der Waals surface area contributed by atoms with Gasteiger partial charge in [-0.3, -0.25) is 14.5 Å². The summed E-state index contributed by atoms with van der Waals surface area (Å²) in [7, 11) is 3.25. The van der Waals surface area contributed by atoms with Gasteiger partial charge < -0.3 is 14.8 Å². The average molecular weight is 431 g/mol. The minimum atomic E-state index is -0.151. The molecule has 0 unspecified atom stereocenters. The number of rotatable bonds is 7. The van der Waals surface area contributed by atoms with E-state index in [1.807, 2.05) is 36.4 Å². The van der Waals surface area contributed by atoms with E-state index in [2.05, 4.69) is 10.2 Å². The number of anilines is 1. The van der Waals surface area contributed by atoms with E-state index in [0.717, 1.165) is 24.3 Å². The van der Waals surface area contributed by atoms with Crippen molar-refractivity contribution in [3.8, 4) is 11.5 Å². The van der Waals surface area contributed by atoms with Gasteiger partial charge in [-0.25, -0.2) is 0 Å². The van der Waals surface area contributed by atoms with Crippen molar-refractivity contribution in [3.63, 3.8) is 0 Å². The summed E-state index contributed by atoms with van der Waals surface area (Å²) >= 11 is 0. The van der Waals surface area contributed by atoms with Crippen LogP contribution in [0.2, 0.25) is 0 Å². The smallest absolute Gasteiger partial charge is 0.238 e. The molecule has 0 spiro atoms. The van der Waals surface area contributed by atoms with Crippen LogP contribution in [0, 0.1) is 0 Å². The van der Waals surface area contributed by atoms with Gasteiger partial charge in [-0.2, -0.15) is 0 Å². The average Bonchev–Trinajstić information content (AvgIpc) is 2.83. The minimum Gasteiger partial charge on any atom is -0.493 e. The summed E-state index contributed by atoms with van der Waals surface area (Å²) in [6.45, 7) is 1.65. The number of nitrogens with one attached hydrogen (secondary N) is 1. The Balaban J connectivity index is 1.45. The van der Waals surface area contributed by atoms with Crippen molar-refractivity contribution >= 4 is 17.4 Å². The Kier molecular flexibility index (Phi) is 6.52. The molecule has 32 heavy (non-hydrogen) atoms. The molecule has 0 bridgehead atoms. The zero-order valence-electron chi connectivity index (χ0n) is 18.3. The lowest BCUT2D eigenvalue weighted by Gasteiger charge is -2.29. The Bertz CT molecular complexity index is 1130. The number of ketones is 1. The zero-order chi connectivity index (χ0) is 22.5. The van der Waals surface area contributed by atoms with Crippen molar-refractivity contribution in [2.75, 3.05) is 32.6 Å². The summed E-state index contributed by atoms with van der Waals surface area (Å²) in [6.07, 6.45) is 0.825. The fourth-order valence-corrected chi connectivity index (χ4v) is 4.00. The van der Waals surface area contributed by atoms with Gasteiger partial charge in [0.05, 0.1) is 26.5 Å². The zero-order valence-corrected chi connectivity index (χ0v) is 18.3. The Morgan fingerprint density at radius 1 is 0.906 bits per heavy atom. The number of hydrogen-bond donors (Lipinski definition) is 1. The molecule has 0 saturated heterocycles. The largest absolute Gasteiger partial charge is 0.493 e. The first-order chi connectivity index (χ1) is 15.6. The maximum Gasteiger partial charge on any atom is 0.238 e. The van der Waals surface area contributed by atoms with Gasteiger partial charge in [-0.05, 0) is 41.8 Å². The van der Waals surface area contributed by atoms with Gasteiger partial charge in [-0.15, -0.1) is 0 Å². The number of carbonyl (C=O) groups excluding carboxylic acids is 2. The molecule has 0 atom stereocenters. The number of hydrogen-bond acceptors (Lipinski definition) is 5. The molecular weight excluding hydrogens is 404 g/mol. The van der Waals surface area contributed by atoms with Gasteiger partial charge in [0.15, 0.2) is 17.3 Å². The predicted octanol–water partition coefficient (Wildman–Crippen LogP) is 3.93. The van der Waals surface area contributed by atoms with Crippen molar-refractivity contribution in [2.45, 2.75) is 13.0 Å². The van der Waals surface area contributed by atoms with Gasteiger partial charge in [0.25, 0.3) is 0 Å². The standard InChI is InChI=1S/C26H26N2O4/c1-31-23-14-19-12-13-28(16-20(19)15-24(23)32-2)17-25(29)27-22-11-7-6-10-21(22)26(30)18-8-4-3-5-9-18/h3-11,14-15H,12-13,16-17H2,1-2H3,(H,27,29). The monoisotopic (exact) mass is 430 g/mol. The lowest BCUT2D eigenvalue weighted by molar-refractivity contribution is -0.117. The van der Waals surface area contributed by atoms with Crippen LogP contribution in [0.1, 0.15) is 27.0 Å². The maximum atomic E-state index is 12.9. The number of methoxy groups -OCH3 is 2. The molecule has 6 nitrogen and oxygen atoms in total. The van der Waals surface area contributed by atoms with Crippen molar-refractivity contribution in [2.24, 2.45) is 0 Å². The second-order valence-corrected chi connectivity index (χ2v) is 7.73. The lowest BCUT2D eigenvalue weighted by atomic mass is 9.98. The molecule has 1 heterocycles. The van der Waals surface area contributed by atoms with Crippen LogP contribution in [0.15, 0.2) is 66.7 Å². The number of para-hydroxylation sites is 1. The number of fused-ring (bicyclic) bond motifs is 1. The molecule has 0 fully saturated rings. The van der Waals surface area contributed by atoms with Crippen LogP contribution in [0.3, 0.4) is 0 Å². The van der Waals surface area contributed by atoms with Crippen LogP contribution in [-0.2, 0) is 17.8 Å². The third-order valence-electron chi connectivity index (χ3n) is 5.65.